The molecule has 2 unspecified atom stereocenters. The highest BCUT2D eigenvalue weighted by Gasteiger charge is 2.42. The van der Waals surface area contributed by atoms with Gasteiger partial charge in [0, 0.05) is 19.6 Å². The third-order valence-corrected chi connectivity index (χ3v) is 3.14. The summed E-state index contributed by atoms with van der Waals surface area (Å²) in [5.74, 6) is 0.603. The monoisotopic (exact) mass is 194 g/mol. The quantitative estimate of drug-likeness (QED) is 0.686. The van der Waals surface area contributed by atoms with Gasteiger partial charge in [0.05, 0.1) is 12.7 Å². The molecule has 0 aromatic heterocycles. The fraction of sp³-hybridized carbons (Fsp3) is 0.667. The first kappa shape index (κ1) is 9.94. The van der Waals surface area contributed by atoms with Crippen LogP contribution in [0.3, 0.4) is 0 Å². The molecule has 0 saturated carbocycles. The zero-order valence-electron chi connectivity index (χ0n) is 9.01. The van der Waals surface area contributed by atoms with E-state index < -0.39 is 0 Å². The van der Waals surface area contributed by atoms with Gasteiger partial charge in [-0.1, -0.05) is 12.2 Å². The van der Waals surface area contributed by atoms with Crippen molar-refractivity contribution >= 4 is 0 Å². The Morgan fingerprint density at radius 2 is 2.43 bits per heavy atom. The summed E-state index contributed by atoms with van der Waals surface area (Å²) >= 11 is 0. The normalized spacial score (nSPS) is 31.0. The van der Waals surface area contributed by atoms with E-state index >= 15 is 0 Å². The Balaban J connectivity index is 2.20. The molecule has 1 aliphatic heterocycles. The number of ether oxygens (including phenoxy) is 2. The Bertz CT molecular complexity index is 278. The highest BCUT2D eigenvalue weighted by Crippen LogP contribution is 2.45. The van der Waals surface area contributed by atoms with Crippen molar-refractivity contribution in [2.75, 3.05) is 20.3 Å². The lowest BCUT2D eigenvalue weighted by atomic mass is 9.69. The Morgan fingerprint density at radius 1 is 1.64 bits per heavy atom. The van der Waals surface area contributed by atoms with Crippen LogP contribution in [0.4, 0.5) is 0 Å². The van der Waals surface area contributed by atoms with Gasteiger partial charge < -0.3 is 9.47 Å². The van der Waals surface area contributed by atoms with Crippen molar-refractivity contribution in [1.29, 1.82) is 0 Å². The lowest BCUT2D eigenvalue weighted by molar-refractivity contribution is -0.0195. The molecule has 2 heteroatoms. The molecular weight excluding hydrogens is 176 g/mol. The van der Waals surface area contributed by atoms with Gasteiger partial charge in [0.1, 0.15) is 0 Å². The molecule has 0 radical (unpaired) electrons. The molecule has 1 aliphatic carbocycles. The van der Waals surface area contributed by atoms with Crippen LogP contribution < -0.4 is 0 Å². The number of hydrogen-bond donors (Lipinski definition) is 0. The second kappa shape index (κ2) is 3.87. The van der Waals surface area contributed by atoms with Crippen molar-refractivity contribution in [3.05, 3.63) is 23.3 Å². The Hall–Kier alpha value is -0.600. The summed E-state index contributed by atoms with van der Waals surface area (Å²) in [6.07, 6.45) is 2.76. The zero-order valence-corrected chi connectivity index (χ0v) is 9.01. The molecule has 2 aliphatic rings. The second-order valence-electron chi connectivity index (χ2n) is 4.19. The van der Waals surface area contributed by atoms with Crippen molar-refractivity contribution in [3.63, 3.8) is 0 Å². The smallest absolute Gasteiger partial charge is 0.0881 e. The zero-order chi connectivity index (χ0) is 10.1. The maximum absolute atomic E-state index is 5.74. The molecule has 2 rings (SSSR count). The minimum Gasteiger partial charge on any atom is -0.380 e. The minimum atomic E-state index is 0.329. The maximum Gasteiger partial charge on any atom is 0.0881 e. The van der Waals surface area contributed by atoms with E-state index in [0.717, 1.165) is 6.61 Å². The van der Waals surface area contributed by atoms with Gasteiger partial charge in [0.2, 0.25) is 0 Å². The van der Waals surface area contributed by atoms with Gasteiger partial charge in [-0.3, -0.25) is 0 Å². The lowest BCUT2D eigenvalue weighted by Crippen LogP contribution is -2.43. The number of rotatable bonds is 3. The Labute approximate surface area is 85.6 Å². The van der Waals surface area contributed by atoms with Crippen LogP contribution in [0.25, 0.3) is 0 Å². The summed E-state index contributed by atoms with van der Waals surface area (Å²) in [6, 6.07) is 0. The van der Waals surface area contributed by atoms with E-state index in [1.807, 2.05) is 0 Å². The van der Waals surface area contributed by atoms with E-state index in [-0.39, 0.29) is 0 Å². The first-order valence-corrected chi connectivity index (χ1v) is 5.25. The summed E-state index contributed by atoms with van der Waals surface area (Å²) in [7, 11) is 1.74. The number of hydrogen-bond acceptors (Lipinski definition) is 2. The minimum absolute atomic E-state index is 0.329. The molecule has 1 heterocycles. The van der Waals surface area contributed by atoms with Crippen LogP contribution in [0, 0.1) is 5.92 Å². The topological polar surface area (TPSA) is 18.5 Å². The van der Waals surface area contributed by atoms with Crippen LogP contribution in [0.5, 0.6) is 0 Å². The van der Waals surface area contributed by atoms with E-state index in [1.54, 1.807) is 7.11 Å². The van der Waals surface area contributed by atoms with Gasteiger partial charge in [0.25, 0.3) is 0 Å². The molecule has 2 atom stereocenters. The highest BCUT2D eigenvalue weighted by atomic mass is 16.5. The Kier molecular flexibility index (Phi) is 2.75. The van der Waals surface area contributed by atoms with E-state index in [0.29, 0.717) is 18.6 Å². The van der Waals surface area contributed by atoms with Gasteiger partial charge >= 0.3 is 0 Å². The van der Waals surface area contributed by atoms with Crippen molar-refractivity contribution in [2.45, 2.75) is 25.9 Å². The first-order valence-electron chi connectivity index (χ1n) is 5.25. The van der Waals surface area contributed by atoms with Gasteiger partial charge in [-0.05, 0) is 30.9 Å². The fourth-order valence-electron chi connectivity index (χ4n) is 2.62. The molecular formula is C12H18O2. The van der Waals surface area contributed by atoms with Crippen molar-refractivity contribution in [3.8, 4) is 0 Å². The standard InChI is InChI=1S/C12H18O2/c1-8(2)11-9-5-4-6-14-12(9)10(11)7-13-3/h9,12H,1,4-7H2,2-3H3. The second-order valence-corrected chi connectivity index (χ2v) is 4.19. The van der Waals surface area contributed by atoms with Gasteiger partial charge in [-0.2, -0.15) is 0 Å². The van der Waals surface area contributed by atoms with Crippen molar-refractivity contribution < 1.29 is 9.47 Å². The number of fused-ring (bicyclic) bond motifs is 1. The molecule has 0 amide bonds. The van der Waals surface area contributed by atoms with Crippen LogP contribution >= 0.6 is 0 Å². The lowest BCUT2D eigenvalue weighted by Gasteiger charge is -2.45. The van der Waals surface area contributed by atoms with Crippen LogP contribution in [-0.4, -0.2) is 26.4 Å². The van der Waals surface area contributed by atoms with Crippen molar-refractivity contribution in [2.24, 2.45) is 5.92 Å². The summed E-state index contributed by atoms with van der Waals surface area (Å²) in [4.78, 5) is 0. The molecule has 1 saturated heterocycles. The van der Waals surface area contributed by atoms with E-state index in [2.05, 4.69) is 13.5 Å². The predicted octanol–water partition coefficient (Wildman–Crippen LogP) is 2.31. The van der Waals surface area contributed by atoms with Crippen LogP contribution in [0.1, 0.15) is 19.8 Å². The summed E-state index contributed by atoms with van der Waals surface area (Å²) in [5.41, 5.74) is 3.92. The van der Waals surface area contributed by atoms with Gasteiger partial charge in [0.15, 0.2) is 0 Å². The SMILES string of the molecule is C=C(C)C1=C(COC)C2OCCCC12. The van der Waals surface area contributed by atoms with Gasteiger partial charge in [-0.25, -0.2) is 0 Å². The predicted molar refractivity (Wildman–Crippen MR) is 56.2 cm³/mol. The molecule has 78 valence electrons. The molecule has 1 fully saturated rings. The summed E-state index contributed by atoms with van der Waals surface area (Å²) in [6.45, 7) is 7.71. The molecule has 0 aromatic carbocycles. The van der Waals surface area contributed by atoms with Gasteiger partial charge in [-0.15, -0.1) is 0 Å². The first-order chi connectivity index (χ1) is 6.75. The number of allylic oxidation sites excluding steroid dienone is 1. The van der Waals surface area contributed by atoms with Crippen molar-refractivity contribution in [1.82, 2.24) is 0 Å². The van der Waals surface area contributed by atoms with E-state index in [1.165, 1.54) is 29.6 Å². The summed E-state index contributed by atoms with van der Waals surface area (Å²) < 4.78 is 10.9. The molecule has 0 bridgehead atoms. The average Bonchev–Trinajstić information content (AvgIpc) is 2.14. The number of methoxy groups -OCH3 is 1. The molecule has 14 heavy (non-hydrogen) atoms. The van der Waals surface area contributed by atoms with E-state index in [9.17, 15) is 0 Å². The largest absolute Gasteiger partial charge is 0.380 e. The third-order valence-electron chi connectivity index (χ3n) is 3.14. The van der Waals surface area contributed by atoms with E-state index in [4.69, 9.17) is 9.47 Å². The molecule has 0 N–H and O–H groups in total. The fourth-order valence-corrected chi connectivity index (χ4v) is 2.62. The highest BCUT2D eigenvalue weighted by molar-refractivity contribution is 5.46. The molecule has 0 spiro atoms. The van der Waals surface area contributed by atoms with Crippen LogP contribution in [0.15, 0.2) is 23.3 Å². The third kappa shape index (κ3) is 1.43. The van der Waals surface area contributed by atoms with Crippen LogP contribution in [0.2, 0.25) is 0 Å². The maximum atomic E-state index is 5.74. The Morgan fingerprint density at radius 3 is 3.07 bits per heavy atom. The summed E-state index contributed by atoms with van der Waals surface area (Å²) in [5, 5.41) is 0. The average molecular weight is 194 g/mol. The molecule has 2 nitrogen and oxygen atoms in total. The molecule has 0 aromatic rings. The van der Waals surface area contributed by atoms with Crippen LogP contribution in [-0.2, 0) is 9.47 Å².